The standard InChI is InChI=1S/C12H16N2S/c1-9-6-11(4-5-15-3)8-14-7-10(2)13-12(9)14/h6-8H,4-5H2,1-3H3. The summed E-state index contributed by atoms with van der Waals surface area (Å²) >= 11 is 1.89. The molecule has 2 rings (SSSR count). The molecular weight excluding hydrogens is 204 g/mol. The first-order valence-electron chi connectivity index (χ1n) is 5.14. The van der Waals surface area contributed by atoms with Crippen LogP contribution in [0, 0.1) is 13.8 Å². The van der Waals surface area contributed by atoms with Crippen LogP contribution in [-0.4, -0.2) is 21.4 Å². The molecule has 0 atom stereocenters. The molecule has 0 aliphatic heterocycles. The predicted molar refractivity (Wildman–Crippen MR) is 66.8 cm³/mol. The minimum Gasteiger partial charge on any atom is -0.306 e. The summed E-state index contributed by atoms with van der Waals surface area (Å²) in [7, 11) is 0. The Bertz CT molecular complexity index is 474. The maximum absolute atomic E-state index is 4.49. The summed E-state index contributed by atoms with van der Waals surface area (Å²) in [6, 6.07) is 2.25. The van der Waals surface area contributed by atoms with Gasteiger partial charge in [-0.3, -0.25) is 0 Å². The molecule has 0 saturated carbocycles. The van der Waals surface area contributed by atoms with Gasteiger partial charge >= 0.3 is 0 Å². The number of rotatable bonds is 3. The van der Waals surface area contributed by atoms with Gasteiger partial charge in [-0.15, -0.1) is 0 Å². The minimum absolute atomic E-state index is 1.08. The van der Waals surface area contributed by atoms with E-state index >= 15 is 0 Å². The highest BCUT2D eigenvalue weighted by Crippen LogP contribution is 2.14. The monoisotopic (exact) mass is 220 g/mol. The van der Waals surface area contributed by atoms with Gasteiger partial charge in [-0.25, -0.2) is 4.98 Å². The van der Waals surface area contributed by atoms with Crippen LogP contribution in [0.1, 0.15) is 16.8 Å². The van der Waals surface area contributed by atoms with Crippen LogP contribution in [0.15, 0.2) is 18.5 Å². The number of fused-ring (bicyclic) bond motifs is 1. The van der Waals surface area contributed by atoms with Crippen molar-refractivity contribution < 1.29 is 0 Å². The van der Waals surface area contributed by atoms with E-state index in [1.54, 1.807) is 0 Å². The zero-order chi connectivity index (χ0) is 10.8. The predicted octanol–water partition coefficient (Wildman–Crippen LogP) is 2.86. The average Bonchev–Trinajstić information content (AvgIpc) is 2.56. The quantitative estimate of drug-likeness (QED) is 0.791. The van der Waals surface area contributed by atoms with Crippen LogP contribution < -0.4 is 0 Å². The lowest BCUT2D eigenvalue weighted by atomic mass is 10.2. The highest BCUT2D eigenvalue weighted by atomic mass is 32.2. The normalized spacial score (nSPS) is 11.1. The van der Waals surface area contributed by atoms with Crippen molar-refractivity contribution in [3.8, 4) is 0 Å². The summed E-state index contributed by atoms with van der Waals surface area (Å²) in [5.41, 5.74) is 4.83. The summed E-state index contributed by atoms with van der Waals surface area (Å²) in [5, 5.41) is 0. The molecule has 0 saturated heterocycles. The molecule has 0 aromatic carbocycles. The summed E-state index contributed by atoms with van der Waals surface area (Å²) in [5.74, 6) is 1.18. The van der Waals surface area contributed by atoms with Gasteiger partial charge in [-0.1, -0.05) is 6.07 Å². The fourth-order valence-electron chi connectivity index (χ4n) is 1.82. The molecule has 0 aliphatic carbocycles. The van der Waals surface area contributed by atoms with E-state index < -0.39 is 0 Å². The zero-order valence-corrected chi connectivity index (χ0v) is 10.3. The highest BCUT2D eigenvalue weighted by molar-refractivity contribution is 7.98. The van der Waals surface area contributed by atoms with Crippen LogP contribution in [0.4, 0.5) is 0 Å². The van der Waals surface area contributed by atoms with Crippen molar-refractivity contribution in [1.29, 1.82) is 0 Å². The number of pyridine rings is 1. The number of hydrogen-bond donors (Lipinski definition) is 0. The molecule has 2 aromatic rings. The van der Waals surface area contributed by atoms with Gasteiger partial charge in [0.15, 0.2) is 0 Å². The van der Waals surface area contributed by atoms with Gasteiger partial charge in [0.2, 0.25) is 0 Å². The van der Waals surface area contributed by atoms with Crippen molar-refractivity contribution in [2.75, 3.05) is 12.0 Å². The second-order valence-electron chi connectivity index (χ2n) is 3.89. The first-order chi connectivity index (χ1) is 7.20. The van der Waals surface area contributed by atoms with Crippen molar-refractivity contribution in [2.24, 2.45) is 0 Å². The Morgan fingerprint density at radius 2 is 2.13 bits per heavy atom. The molecule has 0 fully saturated rings. The van der Waals surface area contributed by atoms with Gasteiger partial charge in [-0.05, 0) is 43.4 Å². The molecule has 0 aliphatic rings. The smallest absolute Gasteiger partial charge is 0.139 e. The van der Waals surface area contributed by atoms with E-state index in [4.69, 9.17) is 0 Å². The molecule has 0 unspecified atom stereocenters. The Labute approximate surface area is 94.7 Å². The zero-order valence-electron chi connectivity index (χ0n) is 9.45. The lowest BCUT2D eigenvalue weighted by molar-refractivity contribution is 1.06. The molecule has 2 nitrogen and oxygen atoms in total. The van der Waals surface area contributed by atoms with Crippen LogP contribution >= 0.6 is 11.8 Å². The van der Waals surface area contributed by atoms with Crippen LogP contribution in [0.5, 0.6) is 0 Å². The van der Waals surface area contributed by atoms with Crippen molar-refractivity contribution in [3.63, 3.8) is 0 Å². The van der Waals surface area contributed by atoms with Crippen LogP contribution in [0.2, 0.25) is 0 Å². The van der Waals surface area contributed by atoms with Crippen LogP contribution in [0.25, 0.3) is 5.65 Å². The second kappa shape index (κ2) is 4.27. The molecule has 80 valence electrons. The van der Waals surface area contributed by atoms with Gasteiger partial charge in [0.05, 0.1) is 5.69 Å². The lowest BCUT2D eigenvalue weighted by Crippen LogP contribution is -1.94. The van der Waals surface area contributed by atoms with E-state index in [2.05, 4.69) is 41.0 Å². The molecule has 3 heteroatoms. The van der Waals surface area contributed by atoms with Gasteiger partial charge in [0.1, 0.15) is 5.65 Å². The van der Waals surface area contributed by atoms with Crippen LogP contribution in [-0.2, 0) is 6.42 Å². The average molecular weight is 220 g/mol. The van der Waals surface area contributed by atoms with Crippen molar-refractivity contribution in [3.05, 3.63) is 35.3 Å². The van der Waals surface area contributed by atoms with Gasteiger partial charge in [0, 0.05) is 12.4 Å². The van der Waals surface area contributed by atoms with E-state index in [0.717, 1.165) is 17.8 Å². The fraction of sp³-hybridized carbons (Fsp3) is 0.417. The molecule has 0 bridgehead atoms. The summed E-state index contributed by atoms with van der Waals surface area (Å²) in [6.07, 6.45) is 7.56. The summed E-state index contributed by atoms with van der Waals surface area (Å²) < 4.78 is 2.14. The molecule has 0 radical (unpaired) electrons. The number of imidazole rings is 1. The third kappa shape index (κ3) is 2.17. The highest BCUT2D eigenvalue weighted by Gasteiger charge is 2.03. The van der Waals surface area contributed by atoms with E-state index in [-0.39, 0.29) is 0 Å². The first kappa shape index (κ1) is 10.6. The Hall–Kier alpha value is -0.960. The Morgan fingerprint density at radius 3 is 2.87 bits per heavy atom. The summed E-state index contributed by atoms with van der Waals surface area (Å²) in [6.45, 7) is 4.17. The maximum Gasteiger partial charge on any atom is 0.139 e. The molecule has 15 heavy (non-hydrogen) atoms. The third-order valence-corrected chi connectivity index (χ3v) is 3.12. The number of thioether (sulfide) groups is 1. The second-order valence-corrected chi connectivity index (χ2v) is 4.87. The largest absolute Gasteiger partial charge is 0.306 e. The summed E-state index contributed by atoms with van der Waals surface area (Å²) in [4.78, 5) is 4.49. The molecule has 0 amide bonds. The Balaban J connectivity index is 2.42. The van der Waals surface area contributed by atoms with E-state index in [1.807, 2.05) is 18.7 Å². The molecule has 2 aromatic heterocycles. The van der Waals surface area contributed by atoms with Crippen molar-refractivity contribution in [2.45, 2.75) is 20.3 Å². The first-order valence-corrected chi connectivity index (χ1v) is 6.54. The number of aromatic nitrogens is 2. The van der Waals surface area contributed by atoms with E-state index in [0.29, 0.717) is 0 Å². The van der Waals surface area contributed by atoms with Crippen molar-refractivity contribution in [1.82, 2.24) is 9.38 Å². The minimum atomic E-state index is 1.08. The van der Waals surface area contributed by atoms with Crippen molar-refractivity contribution >= 4 is 17.4 Å². The maximum atomic E-state index is 4.49. The van der Waals surface area contributed by atoms with E-state index in [1.165, 1.54) is 16.9 Å². The van der Waals surface area contributed by atoms with Gasteiger partial charge in [-0.2, -0.15) is 11.8 Å². The fourth-order valence-corrected chi connectivity index (χ4v) is 2.26. The molecule has 0 spiro atoms. The van der Waals surface area contributed by atoms with E-state index in [9.17, 15) is 0 Å². The van der Waals surface area contributed by atoms with Gasteiger partial charge in [0.25, 0.3) is 0 Å². The lowest BCUT2D eigenvalue weighted by Gasteiger charge is -2.04. The number of aryl methyl sites for hydroxylation is 3. The molecular formula is C12H16N2S. The third-order valence-electron chi connectivity index (χ3n) is 2.51. The molecule has 2 heterocycles. The molecule has 0 N–H and O–H groups in total. The Morgan fingerprint density at radius 1 is 1.33 bits per heavy atom. The number of hydrogen-bond acceptors (Lipinski definition) is 2. The Kier molecular flexibility index (Phi) is 3.00. The SMILES string of the molecule is CSCCc1cc(C)c2nc(C)cn2c1. The number of nitrogens with zero attached hydrogens (tertiary/aromatic N) is 2. The topological polar surface area (TPSA) is 17.3 Å². The van der Waals surface area contributed by atoms with Gasteiger partial charge < -0.3 is 4.40 Å². The van der Waals surface area contributed by atoms with Crippen LogP contribution in [0.3, 0.4) is 0 Å².